The summed E-state index contributed by atoms with van der Waals surface area (Å²) in [6, 6.07) is 4.86. The molecule has 8 heteroatoms. The largest absolute Gasteiger partial charge is 0.351 e. The average molecular weight is 431 g/mol. The maximum atomic E-state index is 12.6. The molecular formula is C19H24Cl2N2O3S. The van der Waals surface area contributed by atoms with Gasteiger partial charge in [0.15, 0.2) is 0 Å². The number of hydrogen-bond acceptors (Lipinski definition) is 3. The molecule has 4 rings (SSSR count). The third-order valence-electron chi connectivity index (χ3n) is 6.53. The van der Waals surface area contributed by atoms with Crippen LogP contribution in [0.3, 0.4) is 0 Å². The maximum absolute atomic E-state index is 12.6. The molecule has 5 nitrogen and oxygen atoms in total. The molecule has 1 aromatic carbocycles. The van der Waals surface area contributed by atoms with Gasteiger partial charge in [-0.25, -0.2) is 12.7 Å². The number of carbonyl (C=O) groups excluding carboxylic acids is 1. The maximum Gasteiger partial charge on any atom is 0.252 e. The Morgan fingerprint density at radius 2 is 1.93 bits per heavy atom. The van der Waals surface area contributed by atoms with Crippen molar-refractivity contribution in [3.63, 3.8) is 0 Å². The molecule has 1 heterocycles. The molecule has 2 unspecified atom stereocenters. The Labute approximate surface area is 170 Å². The van der Waals surface area contributed by atoms with Crippen molar-refractivity contribution in [2.75, 3.05) is 25.4 Å². The second kappa shape index (κ2) is 6.90. The molecular weight excluding hydrogens is 407 g/mol. The molecule has 0 spiro atoms. The van der Waals surface area contributed by atoms with Crippen LogP contribution >= 0.6 is 23.2 Å². The summed E-state index contributed by atoms with van der Waals surface area (Å²) < 4.78 is 26.0. The first-order valence-electron chi connectivity index (χ1n) is 9.48. The van der Waals surface area contributed by atoms with Crippen molar-refractivity contribution < 1.29 is 13.2 Å². The smallest absolute Gasteiger partial charge is 0.252 e. The Morgan fingerprint density at radius 1 is 1.26 bits per heavy atom. The molecule has 1 aromatic rings. The van der Waals surface area contributed by atoms with Crippen LogP contribution in [0.25, 0.3) is 0 Å². The number of hydrogen-bond donors (Lipinski definition) is 1. The van der Waals surface area contributed by atoms with E-state index in [4.69, 9.17) is 23.2 Å². The molecule has 3 fully saturated rings. The van der Waals surface area contributed by atoms with Gasteiger partial charge in [0.2, 0.25) is 10.0 Å². The summed E-state index contributed by atoms with van der Waals surface area (Å²) in [6.45, 7) is 3.44. The Bertz CT molecular complexity index is 858. The molecule has 0 aromatic heterocycles. The minimum absolute atomic E-state index is 0.0372. The van der Waals surface area contributed by atoms with Gasteiger partial charge in [-0.1, -0.05) is 36.0 Å². The van der Waals surface area contributed by atoms with Crippen LogP contribution in [0.5, 0.6) is 0 Å². The highest BCUT2D eigenvalue weighted by atomic mass is 35.5. The van der Waals surface area contributed by atoms with E-state index in [9.17, 15) is 13.2 Å². The topological polar surface area (TPSA) is 66.5 Å². The van der Waals surface area contributed by atoms with E-state index in [0.29, 0.717) is 47.1 Å². The van der Waals surface area contributed by atoms with E-state index in [0.717, 1.165) is 12.3 Å². The summed E-state index contributed by atoms with van der Waals surface area (Å²) in [5, 5.41) is 3.89. The van der Waals surface area contributed by atoms with Crippen molar-refractivity contribution in [3.8, 4) is 0 Å². The average Bonchev–Trinajstić information content (AvgIpc) is 3.48. The molecule has 0 bridgehead atoms. The van der Waals surface area contributed by atoms with Gasteiger partial charge < -0.3 is 5.32 Å². The van der Waals surface area contributed by atoms with Gasteiger partial charge in [0.1, 0.15) is 0 Å². The lowest BCUT2D eigenvalue weighted by molar-refractivity contribution is 0.0937. The van der Waals surface area contributed by atoms with Crippen molar-refractivity contribution in [1.82, 2.24) is 9.62 Å². The highest BCUT2D eigenvalue weighted by Crippen LogP contribution is 2.67. The normalized spacial score (nSPS) is 30.2. The number of piperidine rings is 1. The number of nitrogens with zero attached hydrogens (tertiary/aromatic N) is 1. The summed E-state index contributed by atoms with van der Waals surface area (Å²) in [7, 11) is -3.13. The molecule has 148 valence electrons. The van der Waals surface area contributed by atoms with Crippen molar-refractivity contribution in [1.29, 1.82) is 0 Å². The summed E-state index contributed by atoms with van der Waals surface area (Å²) in [6.07, 6.45) is 3.57. The van der Waals surface area contributed by atoms with Gasteiger partial charge in [-0.2, -0.15) is 0 Å². The first kappa shape index (κ1) is 19.5. The second-order valence-corrected chi connectivity index (χ2v) is 11.2. The SMILES string of the molecule is CCS(=O)(=O)N1CC2C(C1)C2(CNC(=O)c1ccc(Cl)cc1Cl)CC1CC1. The van der Waals surface area contributed by atoms with E-state index >= 15 is 0 Å². The predicted molar refractivity (Wildman–Crippen MR) is 107 cm³/mol. The molecule has 27 heavy (non-hydrogen) atoms. The van der Waals surface area contributed by atoms with Crippen LogP contribution in [0.15, 0.2) is 18.2 Å². The number of benzene rings is 1. The monoisotopic (exact) mass is 430 g/mol. The van der Waals surface area contributed by atoms with E-state index in [1.54, 1.807) is 29.4 Å². The van der Waals surface area contributed by atoms with E-state index in [2.05, 4.69) is 5.32 Å². The van der Waals surface area contributed by atoms with Crippen LogP contribution in [-0.2, 0) is 10.0 Å². The number of carbonyl (C=O) groups is 1. The fraction of sp³-hybridized carbons (Fsp3) is 0.632. The van der Waals surface area contributed by atoms with Gasteiger partial charge in [0, 0.05) is 24.7 Å². The Morgan fingerprint density at radius 3 is 2.48 bits per heavy atom. The Kier molecular flexibility index (Phi) is 4.98. The molecule has 2 saturated carbocycles. The molecule has 1 aliphatic heterocycles. The lowest BCUT2D eigenvalue weighted by Crippen LogP contribution is -2.39. The molecule has 1 N–H and O–H groups in total. The molecule has 2 aliphatic carbocycles. The standard InChI is InChI=1S/C19H24Cl2N2O3S/c1-2-27(25,26)23-9-15-16(10-23)19(15,8-12-3-4-12)11-22-18(24)14-6-5-13(20)7-17(14)21/h5-7,12,15-16H,2-4,8-11H2,1H3,(H,22,24). The highest BCUT2D eigenvalue weighted by molar-refractivity contribution is 7.89. The molecule has 0 radical (unpaired) electrons. The Balaban J connectivity index is 1.44. The first-order chi connectivity index (χ1) is 12.8. The fourth-order valence-corrected chi connectivity index (χ4v) is 6.36. The van der Waals surface area contributed by atoms with Gasteiger partial charge in [0.05, 0.1) is 16.3 Å². The zero-order valence-electron chi connectivity index (χ0n) is 15.2. The number of rotatable bonds is 7. The van der Waals surface area contributed by atoms with E-state index in [-0.39, 0.29) is 17.1 Å². The van der Waals surface area contributed by atoms with Crippen LogP contribution in [-0.4, -0.2) is 44.0 Å². The summed E-state index contributed by atoms with van der Waals surface area (Å²) in [5.74, 6) is 1.37. The van der Waals surface area contributed by atoms with Gasteiger partial charge in [0.25, 0.3) is 5.91 Å². The third kappa shape index (κ3) is 3.61. The van der Waals surface area contributed by atoms with E-state index in [1.165, 1.54) is 12.8 Å². The minimum atomic E-state index is -3.13. The number of sulfonamides is 1. The zero-order chi connectivity index (χ0) is 19.4. The number of amides is 1. The van der Waals surface area contributed by atoms with Crippen LogP contribution < -0.4 is 5.32 Å². The van der Waals surface area contributed by atoms with Crippen LogP contribution in [0.1, 0.15) is 36.5 Å². The van der Waals surface area contributed by atoms with Crippen molar-refractivity contribution in [2.45, 2.75) is 26.2 Å². The number of halogens is 2. The number of nitrogens with one attached hydrogen (secondary N) is 1. The van der Waals surface area contributed by atoms with Gasteiger partial charge in [-0.15, -0.1) is 0 Å². The van der Waals surface area contributed by atoms with Gasteiger partial charge in [-0.3, -0.25) is 4.79 Å². The molecule has 2 atom stereocenters. The van der Waals surface area contributed by atoms with Crippen molar-refractivity contribution >= 4 is 39.1 Å². The van der Waals surface area contributed by atoms with Crippen LogP contribution in [0.2, 0.25) is 10.0 Å². The van der Waals surface area contributed by atoms with E-state index in [1.807, 2.05) is 0 Å². The second-order valence-electron chi connectivity index (χ2n) is 8.12. The summed E-state index contributed by atoms with van der Waals surface area (Å²) in [4.78, 5) is 12.6. The van der Waals surface area contributed by atoms with Gasteiger partial charge >= 0.3 is 0 Å². The molecule has 3 aliphatic rings. The van der Waals surface area contributed by atoms with Crippen molar-refractivity contribution in [3.05, 3.63) is 33.8 Å². The first-order valence-corrected chi connectivity index (χ1v) is 11.8. The molecule has 1 saturated heterocycles. The minimum Gasteiger partial charge on any atom is -0.351 e. The zero-order valence-corrected chi connectivity index (χ0v) is 17.6. The summed E-state index contributed by atoms with van der Waals surface area (Å²) in [5.41, 5.74) is 0.457. The third-order valence-corrected chi connectivity index (χ3v) is 8.89. The fourth-order valence-electron chi connectivity index (χ4n) is 4.72. The van der Waals surface area contributed by atoms with Crippen LogP contribution in [0.4, 0.5) is 0 Å². The lowest BCUT2D eigenvalue weighted by Gasteiger charge is -2.26. The molecule has 1 amide bonds. The van der Waals surface area contributed by atoms with Crippen molar-refractivity contribution in [2.24, 2.45) is 23.2 Å². The van der Waals surface area contributed by atoms with E-state index < -0.39 is 10.0 Å². The predicted octanol–water partition coefficient (Wildman–Crippen LogP) is 3.42. The summed E-state index contributed by atoms with van der Waals surface area (Å²) >= 11 is 12.0. The van der Waals surface area contributed by atoms with Gasteiger partial charge in [-0.05, 0) is 54.7 Å². The lowest BCUT2D eigenvalue weighted by atomic mass is 9.92. The Hall–Kier alpha value is -0.820. The number of fused-ring (bicyclic) bond motifs is 1. The quantitative estimate of drug-likeness (QED) is 0.720. The van der Waals surface area contributed by atoms with Crippen LogP contribution in [0, 0.1) is 23.2 Å². The highest BCUT2D eigenvalue weighted by Gasteiger charge is 2.69.